The summed E-state index contributed by atoms with van der Waals surface area (Å²) in [5.74, 6) is -1.05. The highest BCUT2D eigenvalue weighted by Crippen LogP contribution is 2.29. The van der Waals surface area contributed by atoms with Crippen molar-refractivity contribution in [3.05, 3.63) is 30.0 Å². The highest BCUT2D eigenvalue weighted by Gasteiger charge is 2.22. The predicted molar refractivity (Wildman–Crippen MR) is 79.3 cm³/mol. The first-order chi connectivity index (χ1) is 9.56. The van der Waals surface area contributed by atoms with Crippen LogP contribution in [0.4, 0.5) is 5.69 Å². The first kappa shape index (κ1) is 14.2. The molecule has 20 heavy (non-hydrogen) atoms. The maximum absolute atomic E-state index is 11.4. The zero-order valence-corrected chi connectivity index (χ0v) is 12.0. The lowest BCUT2D eigenvalue weighted by Gasteiger charge is -2.28. The van der Waals surface area contributed by atoms with Crippen molar-refractivity contribution < 1.29 is 9.90 Å². The van der Waals surface area contributed by atoms with E-state index >= 15 is 0 Å². The Balaban J connectivity index is 2.63. The van der Waals surface area contributed by atoms with E-state index in [-0.39, 0.29) is 11.7 Å². The first-order valence-electron chi connectivity index (χ1n) is 6.77. The fourth-order valence-corrected chi connectivity index (χ4v) is 2.37. The zero-order valence-electron chi connectivity index (χ0n) is 12.0. The smallest absolute Gasteiger partial charge is 0.358 e. The number of carboxylic acid groups (broad SMARTS) is 1. The minimum absolute atomic E-state index is 0.00848. The van der Waals surface area contributed by atoms with Crippen LogP contribution in [0.5, 0.6) is 0 Å². The van der Waals surface area contributed by atoms with Crippen LogP contribution in [0, 0.1) is 0 Å². The van der Waals surface area contributed by atoms with Crippen molar-refractivity contribution in [1.82, 2.24) is 10.2 Å². The number of hydrogen-bond donors (Lipinski definition) is 1. The minimum Gasteiger partial charge on any atom is -0.476 e. The maximum atomic E-state index is 11.4. The highest BCUT2D eigenvalue weighted by molar-refractivity contribution is 6.02. The first-order valence-corrected chi connectivity index (χ1v) is 6.77. The van der Waals surface area contributed by atoms with Crippen LogP contribution in [0.1, 0.15) is 37.2 Å². The highest BCUT2D eigenvalue weighted by atomic mass is 16.4. The predicted octanol–water partition coefficient (Wildman–Crippen LogP) is 2.95. The molecule has 0 aliphatic rings. The Kier molecular flexibility index (Phi) is 4.17. The van der Waals surface area contributed by atoms with E-state index in [1.165, 1.54) is 0 Å². The Hall–Kier alpha value is -2.17. The maximum Gasteiger partial charge on any atom is 0.358 e. The topological polar surface area (TPSA) is 66.3 Å². The van der Waals surface area contributed by atoms with E-state index in [1.807, 2.05) is 36.2 Å². The summed E-state index contributed by atoms with van der Waals surface area (Å²) in [4.78, 5) is 13.4. The number of hydrogen-bond acceptors (Lipinski definition) is 4. The quantitative estimate of drug-likeness (QED) is 0.907. The van der Waals surface area contributed by atoms with Crippen molar-refractivity contribution in [2.75, 3.05) is 11.9 Å². The van der Waals surface area contributed by atoms with Gasteiger partial charge in [-0.3, -0.25) is 0 Å². The molecule has 1 aromatic carbocycles. The van der Waals surface area contributed by atoms with Gasteiger partial charge in [0.15, 0.2) is 5.69 Å². The van der Waals surface area contributed by atoms with Gasteiger partial charge in [0.2, 0.25) is 0 Å². The Labute approximate surface area is 118 Å². The SMILES string of the molecule is CCCC(C)N(C)c1c(C(=O)O)nnc2ccccc12. The molecule has 106 valence electrons. The van der Waals surface area contributed by atoms with Gasteiger partial charge in [0.25, 0.3) is 0 Å². The summed E-state index contributed by atoms with van der Waals surface area (Å²) in [5, 5.41) is 18.1. The second-order valence-electron chi connectivity index (χ2n) is 4.97. The molecular weight excluding hydrogens is 254 g/mol. The number of nitrogens with zero attached hydrogens (tertiary/aromatic N) is 3. The van der Waals surface area contributed by atoms with E-state index in [4.69, 9.17) is 0 Å². The third kappa shape index (κ3) is 2.57. The Morgan fingerprint density at radius 2 is 2.05 bits per heavy atom. The van der Waals surface area contributed by atoms with Gasteiger partial charge in [0.1, 0.15) is 0 Å². The summed E-state index contributed by atoms with van der Waals surface area (Å²) < 4.78 is 0. The fraction of sp³-hybridized carbons (Fsp3) is 0.400. The van der Waals surface area contributed by atoms with Gasteiger partial charge in [0, 0.05) is 18.5 Å². The van der Waals surface area contributed by atoms with Gasteiger partial charge in [-0.05, 0) is 19.4 Å². The van der Waals surface area contributed by atoms with Crippen LogP contribution in [0.2, 0.25) is 0 Å². The largest absolute Gasteiger partial charge is 0.476 e. The second-order valence-corrected chi connectivity index (χ2v) is 4.97. The molecule has 2 aromatic rings. The molecule has 0 amide bonds. The van der Waals surface area contributed by atoms with E-state index in [1.54, 1.807) is 0 Å². The Morgan fingerprint density at radius 3 is 2.70 bits per heavy atom. The average Bonchev–Trinajstić information content (AvgIpc) is 2.45. The number of anilines is 1. The molecular formula is C15H19N3O2. The van der Waals surface area contributed by atoms with E-state index in [0.29, 0.717) is 11.2 Å². The lowest BCUT2D eigenvalue weighted by molar-refractivity contribution is 0.0690. The van der Waals surface area contributed by atoms with Crippen molar-refractivity contribution in [3.8, 4) is 0 Å². The fourth-order valence-electron chi connectivity index (χ4n) is 2.37. The summed E-state index contributed by atoms with van der Waals surface area (Å²) in [6.45, 7) is 4.20. The molecule has 0 aliphatic heterocycles. The summed E-state index contributed by atoms with van der Waals surface area (Å²) in [6, 6.07) is 7.73. The second kappa shape index (κ2) is 5.86. The third-order valence-electron chi connectivity index (χ3n) is 3.56. The molecule has 0 radical (unpaired) electrons. The van der Waals surface area contributed by atoms with Crippen molar-refractivity contribution >= 4 is 22.6 Å². The van der Waals surface area contributed by atoms with E-state index in [9.17, 15) is 9.90 Å². The van der Waals surface area contributed by atoms with Crippen molar-refractivity contribution in [1.29, 1.82) is 0 Å². The number of rotatable bonds is 5. The van der Waals surface area contributed by atoms with Gasteiger partial charge < -0.3 is 10.0 Å². The lowest BCUT2D eigenvalue weighted by atomic mass is 10.1. The van der Waals surface area contributed by atoms with Crippen LogP contribution in [-0.4, -0.2) is 34.4 Å². The molecule has 0 spiro atoms. The molecule has 0 aliphatic carbocycles. The van der Waals surface area contributed by atoms with Gasteiger partial charge in [-0.25, -0.2) is 4.79 Å². The molecule has 0 saturated heterocycles. The van der Waals surface area contributed by atoms with Crippen LogP contribution < -0.4 is 4.90 Å². The van der Waals surface area contributed by atoms with E-state index in [2.05, 4.69) is 24.0 Å². The average molecular weight is 273 g/mol. The van der Waals surface area contributed by atoms with Gasteiger partial charge in [0.05, 0.1) is 11.2 Å². The molecule has 1 heterocycles. The summed E-state index contributed by atoms with van der Waals surface area (Å²) >= 11 is 0. The van der Waals surface area contributed by atoms with Gasteiger partial charge in [-0.1, -0.05) is 31.5 Å². The lowest BCUT2D eigenvalue weighted by Crippen LogP contribution is -2.30. The van der Waals surface area contributed by atoms with Crippen LogP contribution in [0.25, 0.3) is 10.9 Å². The molecule has 1 N–H and O–H groups in total. The van der Waals surface area contributed by atoms with Crippen molar-refractivity contribution in [2.45, 2.75) is 32.7 Å². The number of benzene rings is 1. The molecule has 0 fully saturated rings. The molecule has 5 heteroatoms. The monoisotopic (exact) mass is 273 g/mol. The summed E-state index contributed by atoms with van der Waals surface area (Å²) in [5.41, 5.74) is 1.36. The molecule has 0 bridgehead atoms. The van der Waals surface area contributed by atoms with Gasteiger partial charge in [-0.2, -0.15) is 0 Å². The van der Waals surface area contributed by atoms with Crippen molar-refractivity contribution in [2.24, 2.45) is 0 Å². The van der Waals surface area contributed by atoms with E-state index < -0.39 is 5.97 Å². The normalized spacial score (nSPS) is 12.3. The Bertz CT molecular complexity index is 628. The third-order valence-corrected chi connectivity index (χ3v) is 3.56. The summed E-state index contributed by atoms with van der Waals surface area (Å²) in [7, 11) is 1.91. The van der Waals surface area contributed by atoms with E-state index in [0.717, 1.165) is 18.2 Å². The van der Waals surface area contributed by atoms with Crippen LogP contribution in [0.3, 0.4) is 0 Å². The summed E-state index contributed by atoms with van der Waals surface area (Å²) in [6.07, 6.45) is 2.04. The Morgan fingerprint density at radius 1 is 1.35 bits per heavy atom. The van der Waals surface area contributed by atoms with Crippen molar-refractivity contribution in [3.63, 3.8) is 0 Å². The number of fused-ring (bicyclic) bond motifs is 1. The molecule has 1 aromatic heterocycles. The molecule has 5 nitrogen and oxygen atoms in total. The molecule has 1 atom stereocenters. The van der Waals surface area contributed by atoms with Gasteiger partial charge in [-0.15, -0.1) is 10.2 Å². The molecule has 1 unspecified atom stereocenters. The zero-order chi connectivity index (χ0) is 14.7. The number of aromatic carboxylic acids is 1. The molecule has 0 saturated carbocycles. The van der Waals surface area contributed by atoms with Gasteiger partial charge >= 0.3 is 5.97 Å². The number of aromatic nitrogens is 2. The van der Waals surface area contributed by atoms with Crippen LogP contribution in [-0.2, 0) is 0 Å². The number of carbonyl (C=O) groups is 1. The standard InChI is InChI=1S/C15H19N3O2/c1-4-7-10(2)18(3)14-11-8-5-6-9-12(11)16-17-13(14)15(19)20/h5-6,8-10H,4,7H2,1-3H3,(H,19,20). The minimum atomic E-state index is -1.05. The number of carboxylic acids is 1. The van der Waals surface area contributed by atoms with Crippen LogP contribution in [0.15, 0.2) is 24.3 Å². The molecule has 2 rings (SSSR count). The van der Waals surface area contributed by atoms with Crippen LogP contribution >= 0.6 is 0 Å².